The van der Waals surface area contributed by atoms with E-state index in [9.17, 15) is 19.4 Å². The predicted molar refractivity (Wildman–Crippen MR) is 153 cm³/mol. The van der Waals surface area contributed by atoms with Crippen LogP contribution in [-0.4, -0.2) is 69.2 Å². The van der Waals surface area contributed by atoms with Gasteiger partial charge in [-0.25, -0.2) is 0 Å². The third-order valence-electron chi connectivity index (χ3n) is 6.27. The Bertz CT molecular complexity index is 637. The molecule has 1 N–H and O–H groups in total. The minimum absolute atomic E-state index is 0.00783. The maximum Gasteiger partial charge on any atom is 0.305 e. The van der Waals surface area contributed by atoms with Gasteiger partial charge in [0.05, 0.1) is 27.7 Å². The Morgan fingerprint density at radius 2 is 1.32 bits per heavy atom. The molecule has 38 heavy (non-hydrogen) atoms. The van der Waals surface area contributed by atoms with Crippen LogP contribution in [0.5, 0.6) is 0 Å². The van der Waals surface area contributed by atoms with Gasteiger partial charge < -0.3 is 28.3 Å². The number of phosphoric ester groups is 1. The molecule has 0 fully saturated rings. The molecule has 226 valence electrons. The molecule has 8 nitrogen and oxygen atoms in total. The molecule has 0 aliphatic carbocycles. The van der Waals surface area contributed by atoms with Crippen LogP contribution in [0.2, 0.25) is 0 Å². The van der Waals surface area contributed by atoms with Crippen molar-refractivity contribution in [1.29, 1.82) is 0 Å². The first-order valence-corrected chi connectivity index (χ1v) is 16.4. The Morgan fingerprint density at radius 1 is 0.816 bits per heavy atom. The van der Waals surface area contributed by atoms with Crippen molar-refractivity contribution in [2.24, 2.45) is 0 Å². The number of quaternary nitrogens is 1. The second kappa shape index (κ2) is 24.1. The molecule has 0 aromatic rings. The van der Waals surface area contributed by atoms with Crippen LogP contribution in [-0.2, 0) is 23.1 Å². The number of carbonyl (C=O) groups is 1. The van der Waals surface area contributed by atoms with Gasteiger partial charge in [-0.05, 0) is 32.1 Å². The van der Waals surface area contributed by atoms with Gasteiger partial charge in [0.15, 0.2) is 0 Å². The third kappa shape index (κ3) is 28.3. The standard InChI is InChI=1S/C29H58NO7P/c1-5-6-7-8-9-10-11-12-13-14-15-16-17-18-19-20-21-22-23-29(32)35-26-28(31)27-37-38(33,34)36-25-24-30(2,3)4/h13-14,28,31H,5-12,15-27H2,1-4H3/b14-13-. The van der Waals surface area contributed by atoms with Gasteiger partial charge in [-0.1, -0.05) is 89.7 Å². The second-order valence-corrected chi connectivity index (χ2v) is 12.7. The quantitative estimate of drug-likeness (QED) is 0.0411. The molecule has 0 bridgehead atoms. The van der Waals surface area contributed by atoms with E-state index in [-0.39, 0.29) is 13.2 Å². The van der Waals surface area contributed by atoms with Crippen molar-refractivity contribution >= 4 is 13.8 Å². The number of unbranched alkanes of at least 4 members (excludes halogenated alkanes) is 14. The molecule has 2 atom stereocenters. The fourth-order valence-electron chi connectivity index (χ4n) is 3.82. The number of allylic oxidation sites excluding steroid dienone is 2. The lowest BCUT2D eigenvalue weighted by atomic mass is 10.1. The average molecular weight is 564 g/mol. The summed E-state index contributed by atoms with van der Waals surface area (Å²) in [5, 5.41) is 9.82. The molecule has 0 radical (unpaired) electrons. The molecule has 0 aromatic heterocycles. The monoisotopic (exact) mass is 563 g/mol. The largest absolute Gasteiger partial charge is 0.756 e. The van der Waals surface area contributed by atoms with Gasteiger partial charge in [0.1, 0.15) is 25.9 Å². The number of ether oxygens (including phenoxy) is 1. The second-order valence-electron chi connectivity index (χ2n) is 11.3. The first-order valence-electron chi connectivity index (χ1n) is 14.9. The summed E-state index contributed by atoms with van der Waals surface area (Å²) < 4.78 is 26.7. The summed E-state index contributed by atoms with van der Waals surface area (Å²) in [6.07, 6.45) is 23.5. The van der Waals surface area contributed by atoms with Crippen molar-refractivity contribution in [3.05, 3.63) is 12.2 Å². The number of nitrogens with zero attached hydrogens (tertiary/aromatic N) is 1. The highest BCUT2D eigenvalue weighted by atomic mass is 31.2. The highest BCUT2D eigenvalue weighted by Gasteiger charge is 2.16. The molecule has 0 saturated heterocycles. The molecule has 0 saturated carbocycles. The fourth-order valence-corrected chi connectivity index (χ4v) is 4.56. The number of rotatable bonds is 27. The summed E-state index contributed by atoms with van der Waals surface area (Å²) in [6.45, 7) is 1.94. The Labute approximate surface area is 233 Å². The molecule has 0 heterocycles. The van der Waals surface area contributed by atoms with E-state index in [0.717, 1.165) is 19.3 Å². The van der Waals surface area contributed by atoms with E-state index in [2.05, 4.69) is 23.6 Å². The fraction of sp³-hybridized carbons (Fsp3) is 0.897. The number of aliphatic hydroxyl groups is 1. The smallest absolute Gasteiger partial charge is 0.305 e. The number of phosphoric acid groups is 1. The number of hydrogen-bond donors (Lipinski definition) is 1. The van der Waals surface area contributed by atoms with Crippen molar-refractivity contribution in [3.63, 3.8) is 0 Å². The minimum atomic E-state index is -4.49. The van der Waals surface area contributed by atoms with Crippen molar-refractivity contribution < 1.29 is 37.6 Å². The summed E-state index contributed by atoms with van der Waals surface area (Å²) in [5.41, 5.74) is 0. The van der Waals surface area contributed by atoms with Gasteiger partial charge in [-0.15, -0.1) is 0 Å². The maximum absolute atomic E-state index is 11.8. The van der Waals surface area contributed by atoms with E-state index in [1.54, 1.807) is 0 Å². The van der Waals surface area contributed by atoms with Crippen LogP contribution in [0.3, 0.4) is 0 Å². The van der Waals surface area contributed by atoms with Crippen LogP contribution >= 0.6 is 7.82 Å². The Morgan fingerprint density at radius 3 is 1.84 bits per heavy atom. The van der Waals surface area contributed by atoms with Crippen LogP contribution in [0, 0.1) is 0 Å². The normalized spacial score (nSPS) is 14.6. The molecule has 0 aromatic carbocycles. The van der Waals surface area contributed by atoms with Crippen LogP contribution in [0.25, 0.3) is 0 Å². The molecule has 9 heteroatoms. The van der Waals surface area contributed by atoms with Crippen molar-refractivity contribution in [3.8, 4) is 0 Å². The molecule has 0 amide bonds. The number of likely N-dealkylation sites (N-methyl/N-ethyl adjacent to an activating group) is 1. The van der Waals surface area contributed by atoms with E-state index >= 15 is 0 Å². The molecular weight excluding hydrogens is 505 g/mol. The SMILES string of the molecule is CCCCCCCCC/C=C\CCCCCCCCCC(=O)OCC(O)COP(=O)([O-])OCC[N+](C)(C)C. The van der Waals surface area contributed by atoms with Gasteiger partial charge in [0, 0.05) is 6.42 Å². The van der Waals surface area contributed by atoms with Crippen LogP contribution in [0.1, 0.15) is 116 Å². The molecule has 0 spiro atoms. The molecule has 2 unspecified atom stereocenters. The van der Waals surface area contributed by atoms with Crippen LogP contribution in [0.4, 0.5) is 0 Å². The van der Waals surface area contributed by atoms with Gasteiger partial charge in [0.25, 0.3) is 7.82 Å². The van der Waals surface area contributed by atoms with E-state index in [0.29, 0.717) is 17.4 Å². The van der Waals surface area contributed by atoms with Gasteiger partial charge >= 0.3 is 5.97 Å². The predicted octanol–water partition coefficient (Wildman–Crippen LogP) is 6.31. The molecule has 0 rings (SSSR count). The number of hydrogen-bond acceptors (Lipinski definition) is 7. The van der Waals surface area contributed by atoms with Crippen molar-refractivity contribution in [2.45, 2.75) is 122 Å². The average Bonchev–Trinajstić information content (AvgIpc) is 2.84. The zero-order valence-electron chi connectivity index (χ0n) is 24.9. The molecule has 0 aliphatic rings. The molecular formula is C29H58NO7P. The lowest BCUT2D eigenvalue weighted by molar-refractivity contribution is -0.870. The summed E-state index contributed by atoms with van der Waals surface area (Å²) in [5.74, 6) is -0.392. The van der Waals surface area contributed by atoms with Crippen molar-refractivity contribution in [2.75, 3.05) is 47.5 Å². The Hall–Kier alpha value is -0.760. The lowest BCUT2D eigenvalue weighted by Gasteiger charge is -2.27. The first kappa shape index (κ1) is 37.2. The van der Waals surface area contributed by atoms with Gasteiger partial charge in [0.2, 0.25) is 0 Å². The van der Waals surface area contributed by atoms with Gasteiger partial charge in [-0.3, -0.25) is 9.36 Å². The Kier molecular flexibility index (Phi) is 23.6. The third-order valence-corrected chi connectivity index (χ3v) is 7.23. The van der Waals surface area contributed by atoms with Crippen LogP contribution < -0.4 is 4.89 Å². The summed E-state index contributed by atoms with van der Waals surface area (Å²) in [7, 11) is 1.25. The van der Waals surface area contributed by atoms with Crippen LogP contribution in [0.15, 0.2) is 12.2 Å². The summed E-state index contributed by atoms with van der Waals surface area (Å²) in [4.78, 5) is 23.5. The molecule has 0 aliphatic heterocycles. The number of aliphatic hydroxyl groups excluding tert-OH is 1. The maximum atomic E-state index is 11.8. The topological polar surface area (TPSA) is 105 Å². The van der Waals surface area contributed by atoms with E-state index in [4.69, 9.17) is 9.26 Å². The zero-order chi connectivity index (χ0) is 28.5. The number of carbonyl (C=O) groups excluding carboxylic acids is 1. The number of esters is 1. The Balaban J connectivity index is 3.52. The lowest BCUT2D eigenvalue weighted by Crippen LogP contribution is -2.37. The summed E-state index contributed by atoms with van der Waals surface area (Å²) in [6, 6.07) is 0. The van der Waals surface area contributed by atoms with E-state index < -0.39 is 26.5 Å². The van der Waals surface area contributed by atoms with Gasteiger partial charge in [-0.2, -0.15) is 0 Å². The van der Waals surface area contributed by atoms with Crippen molar-refractivity contribution in [1.82, 2.24) is 0 Å². The minimum Gasteiger partial charge on any atom is -0.756 e. The first-order chi connectivity index (χ1) is 18.1. The highest BCUT2D eigenvalue weighted by Crippen LogP contribution is 2.38. The highest BCUT2D eigenvalue weighted by molar-refractivity contribution is 7.45. The van der Waals surface area contributed by atoms with E-state index in [1.807, 2.05) is 21.1 Å². The van der Waals surface area contributed by atoms with E-state index in [1.165, 1.54) is 83.5 Å². The summed E-state index contributed by atoms with van der Waals surface area (Å²) >= 11 is 0. The zero-order valence-corrected chi connectivity index (χ0v) is 25.8.